The number of piperazine rings is 2. The zero-order chi connectivity index (χ0) is 42.5. The number of rotatable bonds is 10. The Morgan fingerprint density at radius 3 is 1.21 bits per heavy atom. The van der Waals surface area contributed by atoms with Crippen molar-refractivity contribution in [1.82, 2.24) is 18.9 Å². The van der Waals surface area contributed by atoms with Gasteiger partial charge in [-0.25, -0.2) is 18.4 Å². The van der Waals surface area contributed by atoms with Crippen molar-refractivity contribution < 1.29 is 28.6 Å². The number of hydrogen-bond donors (Lipinski definition) is 2. The summed E-state index contributed by atoms with van der Waals surface area (Å²) in [7, 11) is 0. The summed E-state index contributed by atoms with van der Waals surface area (Å²) in [5.41, 5.74) is 2.52. The van der Waals surface area contributed by atoms with Gasteiger partial charge in [0.2, 0.25) is 10.9 Å². The number of fused-ring (bicyclic) bond motifs is 2. The minimum absolute atomic E-state index is 0. The molecule has 2 aromatic heterocycles. The first kappa shape index (κ1) is 44.5. The molecular formula is C46H49ClF2N6O6. The predicted molar refractivity (Wildman–Crippen MR) is 237 cm³/mol. The van der Waals surface area contributed by atoms with Crippen molar-refractivity contribution >= 4 is 57.5 Å². The summed E-state index contributed by atoms with van der Waals surface area (Å²) in [6, 6.07) is 26.2. The Bertz CT molecular complexity index is 2460. The predicted octanol–water partition coefficient (Wildman–Crippen LogP) is 6.78. The quantitative estimate of drug-likeness (QED) is 0.152. The van der Waals surface area contributed by atoms with Crippen LogP contribution in [0.2, 0.25) is 0 Å². The molecule has 4 heterocycles. The van der Waals surface area contributed by atoms with Crippen molar-refractivity contribution in [2.75, 3.05) is 62.2 Å². The van der Waals surface area contributed by atoms with Crippen LogP contribution in [0.25, 0.3) is 21.8 Å². The van der Waals surface area contributed by atoms with E-state index in [4.69, 9.17) is 0 Å². The number of carboxylic acid groups (broad SMARTS) is 2. The van der Waals surface area contributed by atoms with E-state index in [1.54, 1.807) is 21.3 Å². The number of pyridine rings is 2. The van der Waals surface area contributed by atoms with E-state index < -0.39 is 34.4 Å². The lowest BCUT2D eigenvalue weighted by Gasteiger charge is -2.36. The van der Waals surface area contributed by atoms with Gasteiger partial charge in [-0.15, -0.1) is 12.4 Å². The maximum absolute atomic E-state index is 14.9. The van der Waals surface area contributed by atoms with Crippen LogP contribution in [0.5, 0.6) is 0 Å². The van der Waals surface area contributed by atoms with Gasteiger partial charge in [0.1, 0.15) is 22.8 Å². The van der Waals surface area contributed by atoms with Crippen molar-refractivity contribution in [3.63, 3.8) is 0 Å². The largest absolute Gasteiger partial charge is 0.477 e. The van der Waals surface area contributed by atoms with Crippen LogP contribution in [0.4, 0.5) is 20.2 Å². The van der Waals surface area contributed by atoms with Crippen LogP contribution in [0.3, 0.4) is 0 Å². The lowest BCUT2D eigenvalue weighted by molar-refractivity contribution is 0.0684. The molecule has 0 radical (unpaired) electrons. The number of aromatic carboxylic acids is 2. The van der Waals surface area contributed by atoms with Crippen LogP contribution in [0.1, 0.15) is 45.7 Å². The van der Waals surface area contributed by atoms with Gasteiger partial charge in [-0.1, -0.05) is 60.7 Å². The number of nitrogens with zero attached hydrogens (tertiary/aromatic N) is 6. The number of carbonyl (C=O) groups is 2. The summed E-state index contributed by atoms with van der Waals surface area (Å²) < 4.78 is 33.3. The van der Waals surface area contributed by atoms with Gasteiger partial charge >= 0.3 is 11.9 Å². The summed E-state index contributed by atoms with van der Waals surface area (Å²) in [4.78, 5) is 56.4. The van der Waals surface area contributed by atoms with Crippen LogP contribution in [0, 0.1) is 11.6 Å². The van der Waals surface area contributed by atoms with Crippen LogP contribution in [0.15, 0.2) is 107 Å². The monoisotopic (exact) mass is 854 g/mol. The van der Waals surface area contributed by atoms with Crippen LogP contribution >= 0.6 is 12.4 Å². The molecule has 4 aromatic carbocycles. The fourth-order valence-electron chi connectivity index (χ4n) is 8.09. The minimum atomic E-state index is -1.30. The standard InChI is InChI=1S/2C23H24FN3O3.ClH/c2*1-2-26-15-18(23(29)30)22(28)17-12-19(24)21(13-20(17)26)27-10-8-25(9-11-27)14-16-6-4-3-5-7-16;/h2*3-7,12-13,15H,2,8-11,14H2,1H3,(H,29,30);1H. The smallest absolute Gasteiger partial charge is 0.341 e. The molecule has 2 fully saturated rings. The second kappa shape index (κ2) is 19.5. The van der Waals surface area contributed by atoms with Gasteiger partial charge in [0.05, 0.1) is 22.4 Å². The molecule has 0 bridgehead atoms. The Morgan fingerprint density at radius 2 is 0.902 bits per heavy atom. The van der Waals surface area contributed by atoms with E-state index in [0.29, 0.717) is 61.7 Å². The Morgan fingerprint density at radius 1 is 0.557 bits per heavy atom. The normalized spacial score (nSPS) is 14.7. The zero-order valence-corrected chi connectivity index (χ0v) is 34.9. The fourth-order valence-corrected chi connectivity index (χ4v) is 8.09. The van der Waals surface area contributed by atoms with Gasteiger partial charge in [0, 0.05) is 102 Å². The number of aromatic nitrogens is 2. The number of aryl methyl sites for hydroxylation is 2. The van der Waals surface area contributed by atoms with Crippen molar-refractivity contribution in [3.8, 4) is 0 Å². The van der Waals surface area contributed by atoms with E-state index in [1.165, 1.54) is 35.7 Å². The molecule has 8 rings (SSSR count). The molecule has 0 saturated carbocycles. The van der Waals surface area contributed by atoms with Crippen molar-refractivity contribution in [2.45, 2.75) is 40.0 Å². The molecule has 12 nitrogen and oxygen atoms in total. The van der Waals surface area contributed by atoms with Crippen molar-refractivity contribution in [3.05, 3.63) is 152 Å². The molecule has 0 spiro atoms. The second-order valence-corrected chi connectivity index (χ2v) is 15.1. The molecule has 320 valence electrons. The maximum atomic E-state index is 14.9. The third kappa shape index (κ3) is 9.77. The highest BCUT2D eigenvalue weighted by Gasteiger charge is 2.24. The lowest BCUT2D eigenvalue weighted by Crippen LogP contribution is -2.46. The summed E-state index contributed by atoms with van der Waals surface area (Å²) in [5.74, 6) is -3.60. The number of benzene rings is 4. The Balaban J connectivity index is 0.000000201. The first-order valence-electron chi connectivity index (χ1n) is 20.2. The zero-order valence-electron chi connectivity index (χ0n) is 34.1. The molecule has 61 heavy (non-hydrogen) atoms. The summed E-state index contributed by atoms with van der Waals surface area (Å²) in [6.45, 7) is 12.4. The maximum Gasteiger partial charge on any atom is 0.341 e. The van der Waals surface area contributed by atoms with E-state index in [1.807, 2.05) is 60.0 Å². The molecule has 15 heteroatoms. The van der Waals surface area contributed by atoms with Gasteiger partial charge in [-0.05, 0) is 49.2 Å². The molecular weight excluding hydrogens is 806 g/mol. The molecule has 0 atom stereocenters. The van der Waals surface area contributed by atoms with E-state index in [-0.39, 0.29) is 34.3 Å². The molecule has 2 saturated heterocycles. The van der Waals surface area contributed by atoms with E-state index in [2.05, 4.69) is 34.1 Å². The van der Waals surface area contributed by atoms with Gasteiger partial charge < -0.3 is 29.1 Å². The third-order valence-corrected chi connectivity index (χ3v) is 11.4. The minimum Gasteiger partial charge on any atom is -0.477 e. The van der Waals surface area contributed by atoms with E-state index >= 15 is 0 Å². The van der Waals surface area contributed by atoms with Gasteiger partial charge in [-0.3, -0.25) is 19.4 Å². The summed E-state index contributed by atoms with van der Waals surface area (Å²) in [6.07, 6.45) is 2.68. The Kier molecular flexibility index (Phi) is 14.2. The van der Waals surface area contributed by atoms with E-state index in [9.17, 15) is 38.2 Å². The number of halogens is 3. The Labute approximate surface area is 357 Å². The average molecular weight is 855 g/mol. The second-order valence-electron chi connectivity index (χ2n) is 15.1. The molecule has 0 amide bonds. The molecule has 2 N–H and O–H groups in total. The van der Waals surface area contributed by atoms with E-state index in [0.717, 1.165) is 39.3 Å². The van der Waals surface area contributed by atoms with Crippen LogP contribution in [-0.2, 0) is 26.2 Å². The number of carboxylic acids is 2. The van der Waals surface area contributed by atoms with Gasteiger partial charge in [0.15, 0.2) is 0 Å². The van der Waals surface area contributed by atoms with Gasteiger partial charge in [0.25, 0.3) is 0 Å². The highest BCUT2D eigenvalue weighted by Crippen LogP contribution is 2.28. The summed E-state index contributed by atoms with van der Waals surface area (Å²) >= 11 is 0. The third-order valence-electron chi connectivity index (χ3n) is 11.4. The Hall–Kier alpha value is -6.09. The fraction of sp³-hybridized carbons (Fsp3) is 0.304. The van der Waals surface area contributed by atoms with Crippen molar-refractivity contribution in [1.29, 1.82) is 0 Å². The highest BCUT2D eigenvalue weighted by molar-refractivity contribution is 5.94. The first-order chi connectivity index (χ1) is 28.9. The highest BCUT2D eigenvalue weighted by atomic mass is 35.5. The molecule has 0 aliphatic carbocycles. The van der Waals surface area contributed by atoms with Crippen molar-refractivity contribution in [2.24, 2.45) is 0 Å². The average Bonchev–Trinajstić information content (AvgIpc) is 3.25. The first-order valence-corrected chi connectivity index (χ1v) is 20.2. The summed E-state index contributed by atoms with van der Waals surface area (Å²) in [5, 5.41) is 18.8. The number of anilines is 2. The molecule has 2 aliphatic heterocycles. The number of hydrogen-bond acceptors (Lipinski definition) is 8. The SMILES string of the molecule is CCn1cc(C(=O)O)c(=O)c2cc(F)c(N3CCN(Cc4ccccc4)CC3)cc21.CCn1cc(C(=O)O)c(=O)c2cc(F)c(N3CCN(Cc4ccccc4)CC3)cc21.Cl. The topological polar surface area (TPSA) is 132 Å². The molecule has 6 aromatic rings. The molecule has 0 unspecified atom stereocenters. The van der Waals surface area contributed by atoms with Gasteiger partial charge in [-0.2, -0.15) is 0 Å². The molecule has 2 aliphatic rings. The van der Waals surface area contributed by atoms with Crippen LogP contribution < -0.4 is 20.7 Å². The lowest BCUT2D eigenvalue weighted by atomic mass is 10.1. The van der Waals surface area contributed by atoms with Crippen LogP contribution in [-0.4, -0.2) is 93.4 Å².